The van der Waals surface area contributed by atoms with Crippen LogP contribution in [-0.4, -0.2) is 5.11 Å². The fraction of sp³-hybridized carbons (Fsp3) is 0.400. The molecule has 1 unspecified atom stereocenters. The molecule has 0 amide bonds. The van der Waals surface area contributed by atoms with Gasteiger partial charge in [-0.15, -0.1) is 0 Å². The Hall–Kier alpha value is -1.10. The monoisotopic (exact) mass is 220 g/mol. The van der Waals surface area contributed by atoms with Crippen molar-refractivity contribution in [3.63, 3.8) is 0 Å². The predicted molar refractivity (Wildman–Crippen MR) is 44.0 cm³/mol. The highest BCUT2D eigenvalue weighted by atomic mass is 19.2. The number of hydrogen-bond acceptors (Lipinski definition) is 1. The summed E-state index contributed by atoms with van der Waals surface area (Å²) in [5.74, 6) is -6.88. The van der Waals surface area contributed by atoms with E-state index in [4.69, 9.17) is 0 Å². The van der Waals surface area contributed by atoms with Gasteiger partial charge >= 0.3 is 0 Å². The van der Waals surface area contributed by atoms with E-state index < -0.39 is 34.9 Å². The lowest BCUT2D eigenvalue weighted by Crippen LogP contribution is -2.08. The summed E-state index contributed by atoms with van der Waals surface area (Å²) in [6.45, 7) is 0. The van der Waals surface area contributed by atoms with Gasteiger partial charge in [0.05, 0.1) is 6.10 Å². The van der Waals surface area contributed by atoms with Crippen molar-refractivity contribution < 1.29 is 22.7 Å². The largest absolute Gasteiger partial charge is 0.388 e. The molecule has 0 bridgehead atoms. The van der Waals surface area contributed by atoms with Gasteiger partial charge in [0.2, 0.25) is 0 Å². The second-order valence-electron chi connectivity index (χ2n) is 3.67. The van der Waals surface area contributed by atoms with Crippen molar-refractivity contribution in [3.05, 3.63) is 34.9 Å². The minimum atomic E-state index is -1.87. The summed E-state index contributed by atoms with van der Waals surface area (Å²) >= 11 is 0. The molecule has 1 aliphatic rings. The summed E-state index contributed by atoms with van der Waals surface area (Å²) in [7, 11) is 0. The minimum absolute atomic E-state index is 0.177. The molecule has 1 nitrogen and oxygen atoms in total. The Morgan fingerprint density at radius 2 is 1.67 bits per heavy atom. The van der Waals surface area contributed by atoms with E-state index in [0.717, 1.165) is 0 Å². The topological polar surface area (TPSA) is 20.2 Å². The molecule has 1 fully saturated rings. The minimum Gasteiger partial charge on any atom is -0.388 e. The maximum absolute atomic E-state index is 13.1. The Kier molecular flexibility index (Phi) is 2.42. The first-order valence-electron chi connectivity index (χ1n) is 4.53. The van der Waals surface area contributed by atoms with Crippen LogP contribution in [0.1, 0.15) is 24.5 Å². The lowest BCUT2D eigenvalue weighted by Gasteiger charge is -2.11. The van der Waals surface area contributed by atoms with E-state index in [-0.39, 0.29) is 5.92 Å². The summed E-state index contributed by atoms with van der Waals surface area (Å²) in [6, 6.07) is 0.511. The van der Waals surface area contributed by atoms with Gasteiger partial charge < -0.3 is 5.11 Å². The number of benzene rings is 1. The zero-order chi connectivity index (χ0) is 11.2. The average Bonchev–Trinajstić information content (AvgIpc) is 3.03. The van der Waals surface area contributed by atoms with E-state index in [1.165, 1.54) is 0 Å². The highest BCUT2D eigenvalue weighted by Crippen LogP contribution is 2.42. The molecule has 15 heavy (non-hydrogen) atoms. The second-order valence-corrected chi connectivity index (χ2v) is 3.67. The van der Waals surface area contributed by atoms with Crippen LogP contribution in [0.15, 0.2) is 6.07 Å². The van der Waals surface area contributed by atoms with Gasteiger partial charge in [0.1, 0.15) is 0 Å². The third-order valence-electron chi connectivity index (χ3n) is 2.52. The molecular weight excluding hydrogens is 212 g/mol. The first kappa shape index (κ1) is 10.4. The smallest absolute Gasteiger partial charge is 0.197 e. The highest BCUT2D eigenvalue weighted by molar-refractivity contribution is 5.25. The molecule has 2 rings (SSSR count). The third-order valence-corrected chi connectivity index (χ3v) is 2.52. The maximum Gasteiger partial charge on any atom is 0.197 e. The Morgan fingerprint density at radius 3 is 2.20 bits per heavy atom. The first-order chi connectivity index (χ1) is 7.02. The Bertz CT molecular complexity index is 401. The molecule has 0 radical (unpaired) electrons. The molecular formula is C10H8F4O. The fourth-order valence-corrected chi connectivity index (χ4v) is 1.47. The molecule has 82 valence electrons. The van der Waals surface area contributed by atoms with Crippen molar-refractivity contribution in [3.8, 4) is 0 Å². The van der Waals surface area contributed by atoms with Crippen LogP contribution < -0.4 is 0 Å². The van der Waals surface area contributed by atoms with Gasteiger partial charge in [-0.25, -0.2) is 17.6 Å². The van der Waals surface area contributed by atoms with Crippen LogP contribution in [0.25, 0.3) is 0 Å². The number of aliphatic hydroxyl groups excluding tert-OH is 1. The molecule has 5 heteroatoms. The van der Waals surface area contributed by atoms with Crippen LogP contribution in [0.3, 0.4) is 0 Å². The number of halogens is 4. The number of hydrogen-bond donors (Lipinski definition) is 1. The molecule has 1 N–H and O–H groups in total. The molecule has 0 spiro atoms. The standard InChI is InChI=1S/C10H8F4O/c11-6-3-5(10(15)4-1-2-4)7(12)9(14)8(6)13/h3-4,10,15H,1-2H2. The SMILES string of the molecule is OC(c1cc(F)c(F)c(F)c1F)C1CC1. The summed E-state index contributed by atoms with van der Waals surface area (Å²) < 4.78 is 51.3. The molecule has 1 aromatic carbocycles. The number of aliphatic hydroxyl groups is 1. The number of rotatable bonds is 2. The van der Waals surface area contributed by atoms with Crippen LogP contribution in [0, 0.1) is 29.2 Å². The van der Waals surface area contributed by atoms with Gasteiger partial charge in [0.15, 0.2) is 23.3 Å². The van der Waals surface area contributed by atoms with Gasteiger partial charge in [-0.05, 0) is 24.8 Å². The van der Waals surface area contributed by atoms with Crippen LogP contribution in [0.5, 0.6) is 0 Å². The summed E-state index contributed by atoms with van der Waals surface area (Å²) in [6.07, 6.45) is 0.109. The van der Waals surface area contributed by atoms with Crippen LogP contribution >= 0.6 is 0 Å². The quantitative estimate of drug-likeness (QED) is 0.461. The predicted octanol–water partition coefficient (Wildman–Crippen LogP) is 2.69. The van der Waals surface area contributed by atoms with Crippen LogP contribution in [0.4, 0.5) is 17.6 Å². The molecule has 0 saturated heterocycles. The normalized spacial score (nSPS) is 17.9. The van der Waals surface area contributed by atoms with E-state index in [0.29, 0.717) is 18.9 Å². The molecule has 1 aromatic rings. The molecule has 0 aliphatic heterocycles. The summed E-state index contributed by atoms with van der Waals surface area (Å²) in [5, 5.41) is 9.49. The second kappa shape index (κ2) is 3.48. The Balaban J connectivity index is 2.46. The van der Waals surface area contributed by atoms with Crippen molar-refractivity contribution in [1.82, 2.24) is 0 Å². The molecule has 1 atom stereocenters. The van der Waals surface area contributed by atoms with Crippen molar-refractivity contribution in [2.75, 3.05) is 0 Å². The van der Waals surface area contributed by atoms with Crippen molar-refractivity contribution >= 4 is 0 Å². The third kappa shape index (κ3) is 1.71. The van der Waals surface area contributed by atoms with E-state index in [1.54, 1.807) is 0 Å². The van der Waals surface area contributed by atoms with Gasteiger partial charge in [-0.1, -0.05) is 0 Å². The maximum atomic E-state index is 13.1. The molecule has 0 heterocycles. The summed E-state index contributed by atoms with van der Waals surface area (Å²) in [5.41, 5.74) is -0.506. The van der Waals surface area contributed by atoms with Crippen molar-refractivity contribution in [1.29, 1.82) is 0 Å². The van der Waals surface area contributed by atoms with Gasteiger partial charge in [0.25, 0.3) is 0 Å². The van der Waals surface area contributed by atoms with Gasteiger partial charge in [-0.3, -0.25) is 0 Å². The zero-order valence-corrected chi connectivity index (χ0v) is 7.61. The van der Waals surface area contributed by atoms with Gasteiger partial charge in [0, 0.05) is 5.56 Å². The van der Waals surface area contributed by atoms with E-state index in [9.17, 15) is 22.7 Å². The zero-order valence-electron chi connectivity index (χ0n) is 7.61. The lowest BCUT2D eigenvalue weighted by atomic mass is 10.0. The van der Waals surface area contributed by atoms with Crippen molar-refractivity contribution in [2.24, 2.45) is 5.92 Å². The Labute approximate surface area is 83.3 Å². The van der Waals surface area contributed by atoms with Gasteiger partial charge in [-0.2, -0.15) is 0 Å². The molecule has 0 aromatic heterocycles. The lowest BCUT2D eigenvalue weighted by molar-refractivity contribution is 0.147. The Morgan fingerprint density at radius 1 is 1.07 bits per heavy atom. The van der Waals surface area contributed by atoms with Crippen LogP contribution in [0.2, 0.25) is 0 Å². The van der Waals surface area contributed by atoms with Crippen molar-refractivity contribution in [2.45, 2.75) is 18.9 Å². The fourth-order valence-electron chi connectivity index (χ4n) is 1.47. The molecule has 1 saturated carbocycles. The van der Waals surface area contributed by atoms with E-state index in [2.05, 4.69) is 0 Å². The highest BCUT2D eigenvalue weighted by Gasteiger charge is 2.34. The summed E-state index contributed by atoms with van der Waals surface area (Å²) in [4.78, 5) is 0. The average molecular weight is 220 g/mol. The van der Waals surface area contributed by atoms with E-state index in [1.807, 2.05) is 0 Å². The molecule has 1 aliphatic carbocycles. The van der Waals surface area contributed by atoms with E-state index >= 15 is 0 Å². The first-order valence-corrected chi connectivity index (χ1v) is 4.53. The van der Waals surface area contributed by atoms with Crippen LogP contribution in [-0.2, 0) is 0 Å².